The number of imidazole rings is 1. The Morgan fingerprint density at radius 2 is 2.11 bits per heavy atom. The van der Waals surface area contributed by atoms with Crippen molar-refractivity contribution in [3.8, 4) is 11.1 Å². The van der Waals surface area contributed by atoms with Crippen molar-refractivity contribution < 1.29 is 13.6 Å². The number of benzene rings is 1. The highest BCUT2D eigenvalue weighted by Crippen LogP contribution is 2.26. The first-order chi connectivity index (χ1) is 13.4. The zero-order chi connectivity index (χ0) is 20.3. The Hall–Kier alpha value is -3.03. The quantitative estimate of drug-likeness (QED) is 0.615. The third kappa shape index (κ3) is 4.11. The van der Waals surface area contributed by atoms with Gasteiger partial charge in [-0.1, -0.05) is 19.1 Å². The summed E-state index contributed by atoms with van der Waals surface area (Å²) in [5.74, 6) is 0.678. The maximum Gasteiger partial charge on any atom is 0.333 e. The molecule has 0 spiro atoms. The van der Waals surface area contributed by atoms with Crippen molar-refractivity contribution in [1.82, 2.24) is 24.2 Å². The molecular formula is C20H23F2N5O. The Bertz CT molecular complexity index is 963. The highest BCUT2D eigenvalue weighted by molar-refractivity contribution is 5.95. The Morgan fingerprint density at radius 1 is 1.32 bits per heavy atom. The SMILES string of the molecule is CCCN(Cc1nccn1C)C(=O)c1cccc(-c2cn(C(F)F)nc2C)c1. The van der Waals surface area contributed by atoms with Crippen molar-refractivity contribution in [1.29, 1.82) is 0 Å². The normalized spacial score (nSPS) is 11.2. The molecule has 6 nitrogen and oxygen atoms in total. The highest BCUT2D eigenvalue weighted by atomic mass is 19.3. The largest absolute Gasteiger partial charge is 0.337 e. The van der Waals surface area contributed by atoms with Gasteiger partial charge in [-0.15, -0.1) is 0 Å². The fourth-order valence-corrected chi connectivity index (χ4v) is 3.11. The summed E-state index contributed by atoms with van der Waals surface area (Å²) in [6, 6.07) is 7.01. The fourth-order valence-electron chi connectivity index (χ4n) is 3.11. The summed E-state index contributed by atoms with van der Waals surface area (Å²) >= 11 is 0. The molecular weight excluding hydrogens is 364 g/mol. The first-order valence-corrected chi connectivity index (χ1v) is 9.10. The van der Waals surface area contributed by atoms with Crippen LogP contribution in [0, 0.1) is 6.92 Å². The van der Waals surface area contributed by atoms with Gasteiger partial charge in [0, 0.05) is 43.3 Å². The lowest BCUT2D eigenvalue weighted by atomic mass is 10.0. The second kappa shape index (κ2) is 8.33. The summed E-state index contributed by atoms with van der Waals surface area (Å²) in [6.07, 6.45) is 5.67. The summed E-state index contributed by atoms with van der Waals surface area (Å²) < 4.78 is 28.3. The molecule has 1 amide bonds. The number of carbonyl (C=O) groups excluding carboxylic acids is 1. The molecule has 0 aliphatic rings. The van der Waals surface area contributed by atoms with Gasteiger partial charge in [0.25, 0.3) is 5.91 Å². The molecule has 0 saturated heterocycles. The Morgan fingerprint density at radius 3 is 2.71 bits per heavy atom. The number of carbonyl (C=O) groups is 1. The van der Waals surface area contributed by atoms with Crippen molar-refractivity contribution >= 4 is 5.91 Å². The molecule has 2 heterocycles. The number of aromatic nitrogens is 4. The predicted octanol–water partition coefficient (Wildman–Crippen LogP) is 4.04. The molecule has 0 radical (unpaired) electrons. The van der Waals surface area contributed by atoms with Gasteiger partial charge in [0.05, 0.1) is 12.2 Å². The Balaban J connectivity index is 1.89. The van der Waals surface area contributed by atoms with Gasteiger partial charge >= 0.3 is 6.55 Å². The van der Waals surface area contributed by atoms with Gasteiger partial charge in [-0.3, -0.25) is 4.79 Å². The summed E-state index contributed by atoms with van der Waals surface area (Å²) in [5, 5.41) is 3.85. The van der Waals surface area contributed by atoms with Crippen molar-refractivity contribution in [2.24, 2.45) is 7.05 Å². The van der Waals surface area contributed by atoms with E-state index >= 15 is 0 Å². The molecule has 148 valence electrons. The molecule has 3 aromatic rings. The van der Waals surface area contributed by atoms with Gasteiger partial charge in [-0.25, -0.2) is 9.67 Å². The molecule has 0 saturated carbocycles. The summed E-state index contributed by atoms with van der Waals surface area (Å²) in [6.45, 7) is 1.99. The average molecular weight is 387 g/mol. The Kier molecular flexibility index (Phi) is 5.87. The molecule has 3 rings (SSSR count). The van der Waals surface area contributed by atoms with E-state index in [9.17, 15) is 13.6 Å². The minimum absolute atomic E-state index is 0.120. The van der Waals surface area contributed by atoms with Crippen LogP contribution in [0.5, 0.6) is 0 Å². The van der Waals surface area contributed by atoms with Crippen LogP contribution in [-0.4, -0.2) is 36.7 Å². The third-order valence-corrected chi connectivity index (χ3v) is 4.57. The summed E-state index contributed by atoms with van der Waals surface area (Å²) in [5.41, 5.74) is 2.26. The number of hydrogen-bond donors (Lipinski definition) is 0. The van der Waals surface area contributed by atoms with Crippen LogP contribution in [0.15, 0.2) is 42.9 Å². The van der Waals surface area contributed by atoms with E-state index in [1.807, 2.05) is 24.7 Å². The highest BCUT2D eigenvalue weighted by Gasteiger charge is 2.19. The standard InChI is InChI=1S/C20H23F2N5O/c1-4-9-26(13-18-23-8-10-25(18)3)19(28)16-7-5-6-15(11-16)17-12-27(20(21)22)24-14(17)2/h5-8,10-12,20H,4,9,13H2,1-3H3. The topological polar surface area (TPSA) is 56.0 Å². The monoisotopic (exact) mass is 387 g/mol. The van der Waals surface area contributed by atoms with Crippen LogP contribution >= 0.6 is 0 Å². The van der Waals surface area contributed by atoms with Crippen LogP contribution in [0.4, 0.5) is 8.78 Å². The predicted molar refractivity (Wildman–Crippen MR) is 102 cm³/mol. The molecule has 0 aliphatic carbocycles. The van der Waals surface area contributed by atoms with Crippen LogP contribution in [0.3, 0.4) is 0 Å². The molecule has 0 fully saturated rings. The van der Waals surface area contributed by atoms with Gasteiger partial charge in [0.15, 0.2) is 0 Å². The number of hydrogen-bond acceptors (Lipinski definition) is 3. The van der Waals surface area contributed by atoms with Gasteiger partial charge in [0.2, 0.25) is 0 Å². The van der Waals surface area contributed by atoms with Gasteiger partial charge in [0.1, 0.15) is 5.82 Å². The number of amides is 1. The van der Waals surface area contributed by atoms with E-state index < -0.39 is 6.55 Å². The Labute approximate surface area is 162 Å². The minimum atomic E-state index is -2.70. The maximum absolute atomic E-state index is 13.1. The van der Waals surface area contributed by atoms with Crippen LogP contribution < -0.4 is 0 Å². The van der Waals surface area contributed by atoms with Crippen LogP contribution in [-0.2, 0) is 13.6 Å². The van der Waals surface area contributed by atoms with Gasteiger partial charge in [-0.05, 0) is 31.0 Å². The number of halogens is 2. The van der Waals surface area contributed by atoms with E-state index in [-0.39, 0.29) is 5.91 Å². The van der Waals surface area contributed by atoms with Crippen LogP contribution in [0.1, 0.15) is 41.8 Å². The molecule has 0 atom stereocenters. The fraction of sp³-hybridized carbons (Fsp3) is 0.350. The number of aryl methyl sites for hydroxylation is 2. The number of nitrogens with zero attached hydrogens (tertiary/aromatic N) is 5. The molecule has 0 bridgehead atoms. The van der Waals surface area contributed by atoms with Crippen LogP contribution in [0.25, 0.3) is 11.1 Å². The van der Waals surface area contributed by atoms with Crippen molar-refractivity contribution in [2.75, 3.05) is 6.54 Å². The number of rotatable bonds is 7. The van der Waals surface area contributed by atoms with Gasteiger partial charge in [-0.2, -0.15) is 13.9 Å². The molecule has 0 unspecified atom stereocenters. The van der Waals surface area contributed by atoms with Crippen molar-refractivity contribution in [3.63, 3.8) is 0 Å². The molecule has 0 N–H and O–H groups in total. The smallest absolute Gasteiger partial charge is 0.333 e. The zero-order valence-corrected chi connectivity index (χ0v) is 16.1. The van der Waals surface area contributed by atoms with E-state index in [0.717, 1.165) is 12.2 Å². The minimum Gasteiger partial charge on any atom is -0.337 e. The number of alkyl halides is 2. The van der Waals surface area contributed by atoms with Crippen molar-refractivity contribution in [3.05, 3.63) is 59.9 Å². The van der Waals surface area contributed by atoms with E-state index in [2.05, 4.69) is 10.1 Å². The molecule has 0 aliphatic heterocycles. The second-order valence-corrected chi connectivity index (χ2v) is 6.65. The van der Waals surface area contributed by atoms with E-state index in [0.29, 0.717) is 40.2 Å². The maximum atomic E-state index is 13.1. The first-order valence-electron chi connectivity index (χ1n) is 9.10. The second-order valence-electron chi connectivity index (χ2n) is 6.65. The molecule has 28 heavy (non-hydrogen) atoms. The van der Waals surface area contributed by atoms with Crippen molar-refractivity contribution in [2.45, 2.75) is 33.4 Å². The molecule has 8 heteroatoms. The summed E-state index contributed by atoms with van der Waals surface area (Å²) in [7, 11) is 1.89. The third-order valence-electron chi connectivity index (χ3n) is 4.57. The zero-order valence-electron chi connectivity index (χ0n) is 16.1. The lowest BCUT2D eigenvalue weighted by molar-refractivity contribution is 0.0563. The van der Waals surface area contributed by atoms with E-state index in [1.165, 1.54) is 6.20 Å². The lowest BCUT2D eigenvalue weighted by Gasteiger charge is -2.22. The van der Waals surface area contributed by atoms with Crippen LogP contribution in [0.2, 0.25) is 0 Å². The van der Waals surface area contributed by atoms with E-state index in [4.69, 9.17) is 0 Å². The summed E-state index contributed by atoms with van der Waals surface area (Å²) in [4.78, 5) is 19.1. The van der Waals surface area contributed by atoms with E-state index in [1.54, 1.807) is 42.3 Å². The van der Waals surface area contributed by atoms with Gasteiger partial charge < -0.3 is 9.47 Å². The molecule has 2 aromatic heterocycles. The lowest BCUT2D eigenvalue weighted by Crippen LogP contribution is -2.32. The average Bonchev–Trinajstić information content (AvgIpc) is 3.26. The first kappa shape index (κ1) is 19.7. The molecule has 1 aromatic carbocycles.